The van der Waals surface area contributed by atoms with Gasteiger partial charge in [0.25, 0.3) is 0 Å². The molecule has 1 N–H and O–H groups in total. The summed E-state index contributed by atoms with van der Waals surface area (Å²) < 4.78 is 12.7. The summed E-state index contributed by atoms with van der Waals surface area (Å²) in [5, 5.41) is 8.23. The van der Waals surface area contributed by atoms with Gasteiger partial charge in [-0.3, -0.25) is 4.79 Å². The van der Waals surface area contributed by atoms with Crippen molar-refractivity contribution in [3.8, 4) is 0 Å². The first-order valence-corrected chi connectivity index (χ1v) is 4.02. The molecule has 0 rings (SSSR count). The van der Waals surface area contributed by atoms with Crippen LogP contribution in [0.25, 0.3) is 0 Å². The lowest BCUT2D eigenvalue weighted by Gasteiger charge is -2.03. The van der Waals surface area contributed by atoms with Gasteiger partial charge in [0.05, 0.1) is 0 Å². The summed E-state index contributed by atoms with van der Waals surface area (Å²) in [7, 11) is 0. The lowest BCUT2D eigenvalue weighted by atomic mass is 10.1. The molecule has 0 aliphatic carbocycles. The van der Waals surface area contributed by atoms with Crippen LogP contribution in [0.5, 0.6) is 0 Å². The molecule has 66 valence electrons. The minimum Gasteiger partial charge on any atom is -0.481 e. The normalized spacial score (nSPS) is 12.9. The van der Waals surface area contributed by atoms with Crippen LogP contribution >= 0.6 is 0 Å². The Morgan fingerprint density at radius 3 is 2.64 bits per heavy atom. The molecule has 0 radical (unpaired) electrons. The first-order valence-electron chi connectivity index (χ1n) is 4.02. The molecule has 11 heavy (non-hydrogen) atoms. The van der Waals surface area contributed by atoms with Crippen molar-refractivity contribution in [3.63, 3.8) is 0 Å². The summed E-state index contributed by atoms with van der Waals surface area (Å²) >= 11 is 0. The van der Waals surface area contributed by atoms with Crippen molar-refractivity contribution in [3.05, 3.63) is 0 Å². The molecule has 0 fully saturated rings. The largest absolute Gasteiger partial charge is 0.481 e. The first-order chi connectivity index (χ1) is 5.16. The van der Waals surface area contributed by atoms with E-state index in [0.717, 1.165) is 6.42 Å². The van der Waals surface area contributed by atoms with E-state index in [-0.39, 0.29) is 6.42 Å². The standard InChI is InChI=1S/C8H15FO2/c1-2-4-7(9)5-3-6-8(10)11/h7H,2-6H2,1H3,(H,10,11). The molecule has 0 bridgehead atoms. The molecule has 0 spiro atoms. The number of aliphatic carboxylic acids is 1. The van der Waals surface area contributed by atoms with E-state index in [2.05, 4.69) is 0 Å². The molecule has 0 amide bonds. The maximum absolute atomic E-state index is 12.7. The van der Waals surface area contributed by atoms with Gasteiger partial charge in [-0.2, -0.15) is 0 Å². The molecular formula is C8H15FO2. The van der Waals surface area contributed by atoms with Crippen molar-refractivity contribution in [2.45, 2.75) is 45.2 Å². The summed E-state index contributed by atoms with van der Waals surface area (Å²) in [4.78, 5) is 10.0. The van der Waals surface area contributed by atoms with Gasteiger partial charge in [0.15, 0.2) is 0 Å². The molecule has 0 heterocycles. The average molecular weight is 162 g/mol. The van der Waals surface area contributed by atoms with Crippen LogP contribution < -0.4 is 0 Å². The lowest BCUT2D eigenvalue weighted by Crippen LogP contribution is -2.01. The molecule has 0 aliphatic rings. The quantitative estimate of drug-likeness (QED) is 0.651. The molecular weight excluding hydrogens is 147 g/mol. The Labute approximate surface area is 66.4 Å². The first kappa shape index (κ1) is 10.4. The third-order valence-corrected chi connectivity index (χ3v) is 1.51. The highest BCUT2D eigenvalue weighted by Crippen LogP contribution is 2.09. The Bertz CT molecular complexity index is 115. The second kappa shape index (κ2) is 6.13. The molecule has 0 aromatic heterocycles. The van der Waals surface area contributed by atoms with Crippen LogP contribution in [-0.2, 0) is 4.79 Å². The summed E-state index contributed by atoms with van der Waals surface area (Å²) in [6.07, 6.45) is 1.51. The fourth-order valence-electron chi connectivity index (χ4n) is 0.932. The molecule has 1 atom stereocenters. The van der Waals surface area contributed by atoms with Gasteiger partial charge in [-0.05, 0) is 19.3 Å². The Balaban J connectivity index is 3.16. The van der Waals surface area contributed by atoms with E-state index in [0.29, 0.717) is 19.3 Å². The number of hydrogen-bond donors (Lipinski definition) is 1. The molecule has 2 nitrogen and oxygen atoms in total. The minimum atomic E-state index is -0.839. The second-order valence-corrected chi connectivity index (χ2v) is 2.67. The number of carboxylic acids is 1. The van der Waals surface area contributed by atoms with Gasteiger partial charge in [-0.15, -0.1) is 0 Å². The highest BCUT2D eigenvalue weighted by molar-refractivity contribution is 5.66. The van der Waals surface area contributed by atoms with Crippen LogP contribution in [0.1, 0.15) is 39.0 Å². The maximum Gasteiger partial charge on any atom is 0.303 e. The second-order valence-electron chi connectivity index (χ2n) is 2.67. The number of rotatable bonds is 6. The van der Waals surface area contributed by atoms with Crippen molar-refractivity contribution >= 4 is 5.97 Å². The summed E-state index contributed by atoms with van der Waals surface area (Å²) in [6, 6.07) is 0. The molecule has 0 aliphatic heterocycles. The van der Waals surface area contributed by atoms with Crippen LogP contribution in [0.15, 0.2) is 0 Å². The van der Waals surface area contributed by atoms with E-state index in [1.165, 1.54) is 0 Å². The summed E-state index contributed by atoms with van der Waals surface area (Å²) in [5.74, 6) is -0.839. The van der Waals surface area contributed by atoms with Crippen molar-refractivity contribution in [2.24, 2.45) is 0 Å². The van der Waals surface area contributed by atoms with Gasteiger partial charge in [0.1, 0.15) is 6.17 Å². The van der Waals surface area contributed by atoms with E-state index in [9.17, 15) is 9.18 Å². The summed E-state index contributed by atoms with van der Waals surface area (Å²) in [5.41, 5.74) is 0. The zero-order valence-electron chi connectivity index (χ0n) is 6.85. The number of halogens is 1. The molecule has 0 aromatic carbocycles. The van der Waals surface area contributed by atoms with Crippen molar-refractivity contribution in [2.75, 3.05) is 0 Å². The monoisotopic (exact) mass is 162 g/mol. The van der Waals surface area contributed by atoms with Gasteiger partial charge in [0, 0.05) is 6.42 Å². The molecule has 3 heteroatoms. The van der Waals surface area contributed by atoms with Crippen LogP contribution in [0, 0.1) is 0 Å². The van der Waals surface area contributed by atoms with Gasteiger partial charge in [-0.1, -0.05) is 13.3 Å². The highest BCUT2D eigenvalue weighted by atomic mass is 19.1. The Kier molecular flexibility index (Phi) is 5.80. The molecule has 0 aromatic rings. The van der Waals surface area contributed by atoms with Gasteiger partial charge < -0.3 is 5.11 Å². The zero-order valence-corrected chi connectivity index (χ0v) is 6.85. The van der Waals surface area contributed by atoms with E-state index >= 15 is 0 Å². The molecule has 0 saturated carbocycles. The van der Waals surface area contributed by atoms with E-state index in [1.54, 1.807) is 0 Å². The van der Waals surface area contributed by atoms with Gasteiger partial charge in [-0.25, -0.2) is 4.39 Å². The average Bonchev–Trinajstić information content (AvgIpc) is 1.87. The maximum atomic E-state index is 12.7. The fraction of sp³-hybridized carbons (Fsp3) is 0.875. The highest BCUT2D eigenvalue weighted by Gasteiger charge is 2.05. The lowest BCUT2D eigenvalue weighted by molar-refractivity contribution is -0.137. The Morgan fingerprint density at radius 1 is 1.55 bits per heavy atom. The number of alkyl halides is 1. The Hall–Kier alpha value is -0.600. The van der Waals surface area contributed by atoms with Gasteiger partial charge in [0.2, 0.25) is 0 Å². The predicted molar refractivity (Wildman–Crippen MR) is 41.3 cm³/mol. The van der Waals surface area contributed by atoms with E-state index in [1.807, 2.05) is 6.92 Å². The SMILES string of the molecule is CCCC(F)CCCC(=O)O. The third kappa shape index (κ3) is 7.30. The van der Waals surface area contributed by atoms with Gasteiger partial charge >= 0.3 is 5.97 Å². The fourth-order valence-corrected chi connectivity index (χ4v) is 0.932. The number of hydrogen-bond acceptors (Lipinski definition) is 1. The van der Waals surface area contributed by atoms with Crippen molar-refractivity contribution in [1.82, 2.24) is 0 Å². The molecule has 0 saturated heterocycles. The van der Waals surface area contributed by atoms with Crippen LogP contribution in [0.4, 0.5) is 4.39 Å². The van der Waals surface area contributed by atoms with Crippen molar-refractivity contribution < 1.29 is 14.3 Å². The smallest absolute Gasteiger partial charge is 0.303 e. The Morgan fingerprint density at radius 2 is 2.18 bits per heavy atom. The third-order valence-electron chi connectivity index (χ3n) is 1.51. The van der Waals surface area contributed by atoms with Crippen molar-refractivity contribution in [1.29, 1.82) is 0 Å². The number of carbonyl (C=O) groups is 1. The topological polar surface area (TPSA) is 37.3 Å². The van der Waals surface area contributed by atoms with E-state index in [4.69, 9.17) is 5.11 Å². The summed E-state index contributed by atoms with van der Waals surface area (Å²) in [6.45, 7) is 1.92. The van der Waals surface area contributed by atoms with E-state index < -0.39 is 12.1 Å². The molecule has 1 unspecified atom stereocenters. The van der Waals surface area contributed by atoms with Crippen LogP contribution in [0.3, 0.4) is 0 Å². The zero-order chi connectivity index (χ0) is 8.69. The predicted octanol–water partition coefficient (Wildman–Crippen LogP) is 2.38. The minimum absolute atomic E-state index is 0.0874. The number of carboxylic acid groups (broad SMARTS) is 1. The van der Waals surface area contributed by atoms with Crippen LogP contribution in [0.2, 0.25) is 0 Å². The van der Waals surface area contributed by atoms with Crippen LogP contribution in [-0.4, -0.2) is 17.2 Å².